The van der Waals surface area contributed by atoms with E-state index in [0.717, 1.165) is 22.6 Å². The van der Waals surface area contributed by atoms with Crippen LogP contribution in [-0.4, -0.2) is 25.8 Å². The molecular weight excluding hydrogens is 398 g/mol. The van der Waals surface area contributed by atoms with E-state index in [1.165, 1.54) is 11.8 Å². The van der Waals surface area contributed by atoms with Crippen molar-refractivity contribution in [2.75, 3.05) is 5.32 Å². The maximum atomic E-state index is 13.0. The molecule has 0 saturated heterocycles. The molecule has 0 aliphatic heterocycles. The zero-order valence-corrected chi connectivity index (χ0v) is 17.5. The highest BCUT2D eigenvalue weighted by atomic mass is 32.2. The zero-order chi connectivity index (χ0) is 20.9. The lowest BCUT2D eigenvalue weighted by Gasteiger charge is -2.11. The van der Waals surface area contributed by atoms with E-state index in [0.29, 0.717) is 28.7 Å². The van der Waals surface area contributed by atoms with Crippen LogP contribution in [0.2, 0.25) is 0 Å². The first-order chi connectivity index (χ1) is 14.6. The largest absolute Gasteiger partial charge is 0.361 e. The van der Waals surface area contributed by atoms with Crippen molar-refractivity contribution in [3.8, 4) is 0 Å². The van der Waals surface area contributed by atoms with Crippen LogP contribution in [0.4, 0.5) is 5.82 Å². The Morgan fingerprint density at radius 1 is 1.10 bits per heavy atom. The lowest BCUT2D eigenvalue weighted by Crippen LogP contribution is -2.17. The zero-order valence-electron chi connectivity index (χ0n) is 16.7. The first-order valence-corrected chi connectivity index (χ1v) is 10.5. The van der Waals surface area contributed by atoms with Gasteiger partial charge in [-0.1, -0.05) is 35.5 Å². The lowest BCUT2D eigenvalue weighted by atomic mass is 10.2. The minimum atomic E-state index is -0.223. The Kier molecular flexibility index (Phi) is 5.94. The number of aromatic nitrogens is 4. The van der Waals surface area contributed by atoms with Gasteiger partial charge in [0.2, 0.25) is 0 Å². The Balaban J connectivity index is 1.49. The van der Waals surface area contributed by atoms with Crippen molar-refractivity contribution in [3.05, 3.63) is 89.1 Å². The molecule has 4 rings (SSSR count). The number of rotatable bonds is 7. The van der Waals surface area contributed by atoms with Gasteiger partial charge in [0, 0.05) is 23.6 Å². The lowest BCUT2D eigenvalue weighted by molar-refractivity contribution is 0.102. The molecular formula is C22H21N5O2S. The molecule has 7 nitrogen and oxygen atoms in total. The van der Waals surface area contributed by atoms with Gasteiger partial charge in [-0.25, -0.2) is 9.67 Å². The van der Waals surface area contributed by atoms with Gasteiger partial charge in [-0.15, -0.1) is 11.8 Å². The molecule has 0 bridgehead atoms. The van der Waals surface area contributed by atoms with E-state index in [2.05, 4.69) is 20.6 Å². The van der Waals surface area contributed by atoms with Gasteiger partial charge < -0.3 is 9.84 Å². The average molecular weight is 420 g/mol. The number of nitrogens with zero attached hydrogens (tertiary/aromatic N) is 4. The monoisotopic (exact) mass is 419 g/mol. The minimum Gasteiger partial charge on any atom is -0.361 e. The summed E-state index contributed by atoms with van der Waals surface area (Å²) in [6.07, 6.45) is 3.36. The first kappa shape index (κ1) is 19.9. The summed E-state index contributed by atoms with van der Waals surface area (Å²) < 4.78 is 6.98. The standard InChI is InChI=1S/C22H21N5O2S/c1-15-19(16(2)29-26-15)14-30-22-18(9-6-11-23-22)21(28)25-20-10-12-24-27(20)13-17-7-4-3-5-8-17/h3-12H,13-14H2,1-2H3,(H,25,28). The summed E-state index contributed by atoms with van der Waals surface area (Å²) in [5.74, 6) is 1.82. The molecule has 30 heavy (non-hydrogen) atoms. The van der Waals surface area contributed by atoms with Crippen molar-refractivity contribution in [3.63, 3.8) is 0 Å². The van der Waals surface area contributed by atoms with Crippen LogP contribution in [0.1, 0.15) is 32.9 Å². The number of anilines is 1. The van der Waals surface area contributed by atoms with Gasteiger partial charge in [0.15, 0.2) is 0 Å². The van der Waals surface area contributed by atoms with Gasteiger partial charge in [0.1, 0.15) is 16.6 Å². The number of benzene rings is 1. The van der Waals surface area contributed by atoms with Crippen molar-refractivity contribution in [2.24, 2.45) is 0 Å². The van der Waals surface area contributed by atoms with Crippen molar-refractivity contribution in [2.45, 2.75) is 31.2 Å². The van der Waals surface area contributed by atoms with Crippen molar-refractivity contribution in [1.29, 1.82) is 0 Å². The maximum Gasteiger partial charge on any atom is 0.259 e. The summed E-state index contributed by atoms with van der Waals surface area (Å²) in [5.41, 5.74) is 3.50. The molecule has 0 aliphatic carbocycles. The minimum absolute atomic E-state index is 0.223. The normalized spacial score (nSPS) is 10.9. The van der Waals surface area contributed by atoms with E-state index >= 15 is 0 Å². The number of nitrogens with one attached hydrogen (secondary N) is 1. The summed E-state index contributed by atoms with van der Waals surface area (Å²) >= 11 is 1.49. The second-order valence-electron chi connectivity index (χ2n) is 6.76. The van der Waals surface area contributed by atoms with Gasteiger partial charge in [-0.2, -0.15) is 5.10 Å². The van der Waals surface area contributed by atoms with Crippen molar-refractivity contribution < 1.29 is 9.32 Å². The molecule has 3 aromatic heterocycles. The highest BCUT2D eigenvalue weighted by molar-refractivity contribution is 7.98. The van der Waals surface area contributed by atoms with E-state index in [4.69, 9.17) is 4.52 Å². The van der Waals surface area contributed by atoms with Crippen LogP contribution in [0.15, 0.2) is 70.5 Å². The number of carbonyl (C=O) groups excluding carboxylic acids is 1. The molecule has 0 spiro atoms. The smallest absolute Gasteiger partial charge is 0.259 e. The fraction of sp³-hybridized carbons (Fsp3) is 0.182. The van der Waals surface area contributed by atoms with E-state index in [1.807, 2.05) is 44.2 Å². The number of thioether (sulfide) groups is 1. The third kappa shape index (κ3) is 4.44. The molecule has 0 radical (unpaired) electrons. The molecule has 1 N–H and O–H groups in total. The highest BCUT2D eigenvalue weighted by Gasteiger charge is 2.17. The van der Waals surface area contributed by atoms with Gasteiger partial charge in [-0.3, -0.25) is 4.79 Å². The molecule has 1 amide bonds. The van der Waals surface area contributed by atoms with Crippen molar-refractivity contribution in [1.82, 2.24) is 19.9 Å². The molecule has 0 saturated carbocycles. The number of pyridine rings is 1. The molecule has 0 atom stereocenters. The van der Waals surface area contributed by atoms with Crippen LogP contribution in [0.25, 0.3) is 0 Å². The Bertz CT molecular complexity index is 1130. The van der Waals surface area contributed by atoms with Gasteiger partial charge in [0.25, 0.3) is 5.91 Å². The molecule has 8 heteroatoms. The predicted molar refractivity (Wildman–Crippen MR) is 115 cm³/mol. The Morgan fingerprint density at radius 2 is 1.93 bits per heavy atom. The number of carbonyl (C=O) groups is 1. The quantitative estimate of drug-likeness (QED) is 0.445. The molecule has 0 aliphatic rings. The second-order valence-corrected chi connectivity index (χ2v) is 7.73. The van der Waals surface area contributed by atoms with E-state index < -0.39 is 0 Å². The number of hydrogen-bond donors (Lipinski definition) is 1. The van der Waals surface area contributed by atoms with Crippen LogP contribution in [-0.2, 0) is 12.3 Å². The third-order valence-electron chi connectivity index (χ3n) is 4.68. The topological polar surface area (TPSA) is 85.8 Å². The first-order valence-electron chi connectivity index (χ1n) is 9.48. The SMILES string of the molecule is Cc1noc(C)c1CSc1ncccc1C(=O)Nc1ccnn1Cc1ccccc1. The molecule has 0 fully saturated rings. The summed E-state index contributed by atoms with van der Waals surface area (Å²) in [6, 6.07) is 15.3. The van der Waals surface area contributed by atoms with Crippen LogP contribution in [0, 0.1) is 13.8 Å². The number of aryl methyl sites for hydroxylation is 2. The van der Waals surface area contributed by atoms with Gasteiger partial charge in [-0.05, 0) is 31.5 Å². The maximum absolute atomic E-state index is 13.0. The molecule has 4 aromatic rings. The highest BCUT2D eigenvalue weighted by Crippen LogP contribution is 2.27. The molecule has 1 aromatic carbocycles. The third-order valence-corrected chi connectivity index (χ3v) is 5.72. The molecule has 3 heterocycles. The Labute approximate surface area is 178 Å². The Hall–Kier alpha value is -3.39. The van der Waals surface area contributed by atoms with Crippen molar-refractivity contribution >= 4 is 23.5 Å². The van der Waals surface area contributed by atoms with Crippen LogP contribution in [0.3, 0.4) is 0 Å². The number of hydrogen-bond acceptors (Lipinski definition) is 6. The van der Waals surface area contributed by atoms with Crippen LogP contribution in [0.5, 0.6) is 0 Å². The van der Waals surface area contributed by atoms with E-state index in [9.17, 15) is 4.79 Å². The van der Waals surface area contributed by atoms with Crippen LogP contribution >= 0.6 is 11.8 Å². The fourth-order valence-corrected chi connectivity index (χ4v) is 4.18. The summed E-state index contributed by atoms with van der Waals surface area (Å²) in [7, 11) is 0. The second kappa shape index (κ2) is 8.96. The summed E-state index contributed by atoms with van der Waals surface area (Å²) in [5, 5.41) is 11.9. The van der Waals surface area contributed by atoms with Gasteiger partial charge in [0.05, 0.1) is 24.0 Å². The summed E-state index contributed by atoms with van der Waals surface area (Å²) in [6.45, 7) is 4.37. The predicted octanol–water partition coefficient (Wildman–Crippen LogP) is 4.48. The van der Waals surface area contributed by atoms with Gasteiger partial charge >= 0.3 is 0 Å². The fourth-order valence-electron chi connectivity index (χ4n) is 3.03. The van der Waals surface area contributed by atoms with Crippen LogP contribution < -0.4 is 5.32 Å². The average Bonchev–Trinajstić information content (AvgIpc) is 3.33. The molecule has 152 valence electrons. The van der Waals surface area contributed by atoms with E-state index in [-0.39, 0.29) is 5.91 Å². The molecule has 0 unspecified atom stereocenters. The van der Waals surface area contributed by atoms with E-state index in [1.54, 1.807) is 35.3 Å². The summed E-state index contributed by atoms with van der Waals surface area (Å²) in [4.78, 5) is 17.4. The number of amides is 1. The Morgan fingerprint density at radius 3 is 2.70 bits per heavy atom.